The lowest BCUT2D eigenvalue weighted by atomic mass is 9.91. The highest BCUT2D eigenvalue weighted by atomic mass is 16.6. The third-order valence-corrected chi connectivity index (χ3v) is 6.69. The maximum absolute atomic E-state index is 13.7. The molecule has 2 unspecified atom stereocenters. The van der Waals surface area contributed by atoms with Gasteiger partial charge in [0.15, 0.2) is 0 Å². The smallest absolute Gasteiger partial charge is 0.409 e. The van der Waals surface area contributed by atoms with Gasteiger partial charge in [-0.2, -0.15) is 0 Å². The molecule has 3 aliphatic rings. The van der Waals surface area contributed by atoms with E-state index in [9.17, 15) is 14.4 Å². The first kappa shape index (κ1) is 22.4. The predicted molar refractivity (Wildman–Crippen MR) is 121 cm³/mol. The number of imide groups is 1. The number of piperidine rings is 2. The summed E-state index contributed by atoms with van der Waals surface area (Å²) in [6.07, 6.45) is 1.93. The van der Waals surface area contributed by atoms with Crippen molar-refractivity contribution in [2.75, 3.05) is 32.8 Å². The van der Waals surface area contributed by atoms with Crippen molar-refractivity contribution < 1.29 is 19.1 Å². The highest BCUT2D eigenvalue weighted by molar-refractivity contribution is 6.35. The SMILES string of the molecule is CCOC(=O)N1CCC(N2C(=O)C(c3ccccc3)=C(N3CC(C)CC(C)C3)C2=O)CC1. The Morgan fingerprint density at radius 3 is 2.22 bits per heavy atom. The van der Waals surface area contributed by atoms with Gasteiger partial charge in [-0.1, -0.05) is 44.2 Å². The van der Waals surface area contributed by atoms with E-state index in [-0.39, 0.29) is 23.9 Å². The Hall–Kier alpha value is -2.83. The van der Waals surface area contributed by atoms with E-state index in [0.29, 0.717) is 55.6 Å². The minimum absolute atomic E-state index is 0.190. The van der Waals surface area contributed by atoms with Gasteiger partial charge in [0, 0.05) is 32.2 Å². The van der Waals surface area contributed by atoms with Gasteiger partial charge in [0.05, 0.1) is 12.2 Å². The number of hydrogen-bond acceptors (Lipinski definition) is 5. The van der Waals surface area contributed by atoms with Crippen LogP contribution in [0.1, 0.15) is 45.6 Å². The van der Waals surface area contributed by atoms with Gasteiger partial charge in [-0.3, -0.25) is 14.5 Å². The molecule has 0 aliphatic carbocycles. The van der Waals surface area contributed by atoms with Gasteiger partial charge in [-0.15, -0.1) is 0 Å². The molecule has 172 valence electrons. The van der Waals surface area contributed by atoms with Crippen LogP contribution in [0.5, 0.6) is 0 Å². The summed E-state index contributed by atoms with van der Waals surface area (Å²) in [6, 6.07) is 9.32. The highest BCUT2D eigenvalue weighted by Crippen LogP contribution is 2.37. The predicted octanol–water partition coefficient (Wildman–Crippen LogP) is 3.37. The van der Waals surface area contributed by atoms with Gasteiger partial charge >= 0.3 is 6.09 Å². The largest absolute Gasteiger partial charge is 0.450 e. The number of nitrogens with zero attached hydrogens (tertiary/aromatic N) is 3. The fourth-order valence-corrected chi connectivity index (χ4v) is 5.39. The van der Waals surface area contributed by atoms with Crippen molar-refractivity contribution in [2.24, 2.45) is 11.8 Å². The molecule has 0 N–H and O–H groups in total. The molecular weight excluding hydrogens is 406 g/mol. The van der Waals surface area contributed by atoms with Crippen LogP contribution in [0.4, 0.5) is 4.79 Å². The average Bonchev–Trinajstić information content (AvgIpc) is 3.04. The first-order valence-electron chi connectivity index (χ1n) is 11.7. The van der Waals surface area contributed by atoms with E-state index < -0.39 is 0 Å². The van der Waals surface area contributed by atoms with Crippen LogP contribution in [0.2, 0.25) is 0 Å². The van der Waals surface area contributed by atoms with Crippen molar-refractivity contribution >= 4 is 23.5 Å². The second-order valence-corrected chi connectivity index (χ2v) is 9.34. The van der Waals surface area contributed by atoms with E-state index in [1.807, 2.05) is 30.3 Å². The molecule has 0 spiro atoms. The molecule has 0 radical (unpaired) electrons. The molecule has 1 aromatic carbocycles. The zero-order valence-corrected chi connectivity index (χ0v) is 19.3. The van der Waals surface area contributed by atoms with Crippen LogP contribution in [-0.2, 0) is 14.3 Å². The number of likely N-dealkylation sites (tertiary alicyclic amines) is 2. The number of rotatable bonds is 4. The molecule has 2 saturated heterocycles. The van der Waals surface area contributed by atoms with Crippen molar-refractivity contribution in [3.63, 3.8) is 0 Å². The molecule has 32 heavy (non-hydrogen) atoms. The molecule has 3 aliphatic heterocycles. The van der Waals surface area contributed by atoms with Crippen LogP contribution < -0.4 is 0 Å². The van der Waals surface area contributed by atoms with Crippen molar-refractivity contribution in [1.82, 2.24) is 14.7 Å². The molecule has 2 fully saturated rings. The number of carbonyl (C=O) groups is 3. The number of carbonyl (C=O) groups excluding carboxylic acids is 3. The summed E-state index contributed by atoms with van der Waals surface area (Å²) in [5.74, 6) is 0.530. The zero-order chi connectivity index (χ0) is 22.8. The van der Waals surface area contributed by atoms with Gasteiger partial charge in [-0.25, -0.2) is 4.79 Å². The molecule has 0 saturated carbocycles. The van der Waals surface area contributed by atoms with Gasteiger partial charge in [0.25, 0.3) is 11.8 Å². The molecule has 1 aromatic rings. The fraction of sp³-hybridized carbons (Fsp3) is 0.560. The minimum atomic E-state index is -0.329. The fourth-order valence-electron chi connectivity index (χ4n) is 5.39. The molecule has 2 atom stereocenters. The van der Waals surface area contributed by atoms with Gasteiger partial charge in [0.2, 0.25) is 0 Å². The summed E-state index contributed by atoms with van der Waals surface area (Å²) in [5.41, 5.74) is 1.86. The first-order valence-corrected chi connectivity index (χ1v) is 11.7. The van der Waals surface area contributed by atoms with Crippen molar-refractivity contribution in [2.45, 2.75) is 46.1 Å². The monoisotopic (exact) mass is 439 g/mol. The van der Waals surface area contributed by atoms with Crippen LogP contribution in [0, 0.1) is 11.8 Å². The van der Waals surface area contributed by atoms with Gasteiger partial charge < -0.3 is 14.5 Å². The molecule has 3 amide bonds. The van der Waals surface area contributed by atoms with Crippen molar-refractivity contribution in [1.29, 1.82) is 0 Å². The third kappa shape index (κ3) is 4.25. The molecule has 7 heteroatoms. The number of benzene rings is 1. The zero-order valence-electron chi connectivity index (χ0n) is 19.3. The van der Waals surface area contributed by atoms with E-state index in [1.54, 1.807) is 11.8 Å². The maximum Gasteiger partial charge on any atom is 0.409 e. The first-order chi connectivity index (χ1) is 15.4. The maximum atomic E-state index is 13.7. The molecule has 7 nitrogen and oxygen atoms in total. The number of ether oxygens (including phenoxy) is 1. The minimum Gasteiger partial charge on any atom is -0.450 e. The molecule has 3 heterocycles. The molecule has 0 bridgehead atoms. The molecule has 4 rings (SSSR count). The van der Waals surface area contributed by atoms with E-state index >= 15 is 0 Å². The summed E-state index contributed by atoms with van der Waals surface area (Å²) >= 11 is 0. The topological polar surface area (TPSA) is 70.2 Å². The lowest BCUT2D eigenvalue weighted by Crippen LogP contribution is -2.50. The van der Waals surface area contributed by atoms with E-state index in [0.717, 1.165) is 25.1 Å². The average molecular weight is 440 g/mol. The van der Waals surface area contributed by atoms with E-state index in [2.05, 4.69) is 18.7 Å². The van der Waals surface area contributed by atoms with Crippen LogP contribution in [0.15, 0.2) is 36.0 Å². The second kappa shape index (κ2) is 9.35. The Morgan fingerprint density at radius 2 is 1.62 bits per heavy atom. The Labute approximate surface area is 190 Å². The third-order valence-electron chi connectivity index (χ3n) is 6.69. The summed E-state index contributed by atoms with van der Waals surface area (Å²) in [5, 5.41) is 0. The van der Waals surface area contributed by atoms with Crippen molar-refractivity contribution in [3.05, 3.63) is 41.6 Å². The summed E-state index contributed by atoms with van der Waals surface area (Å²) in [4.78, 5) is 44.7. The van der Waals surface area contributed by atoms with Gasteiger partial charge in [-0.05, 0) is 43.6 Å². The van der Waals surface area contributed by atoms with Crippen LogP contribution in [0.3, 0.4) is 0 Å². The van der Waals surface area contributed by atoms with Crippen LogP contribution >= 0.6 is 0 Å². The molecule has 0 aromatic heterocycles. The van der Waals surface area contributed by atoms with Crippen LogP contribution in [0.25, 0.3) is 5.57 Å². The van der Waals surface area contributed by atoms with Crippen molar-refractivity contribution in [3.8, 4) is 0 Å². The normalized spacial score (nSPS) is 25.0. The molecular formula is C25H33N3O4. The Morgan fingerprint density at radius 1 is 1.00 bits per heavy atom. The Kier molecular flexibility index (Phi) is 6.53. The lowest BCUT2D eigenvalue weighted by Gasteiger charge is -2.38. The Bertz CT molecular complexity index is 895. The number of amides is 3. The Balaban J connectivity index is 1.61. The summed E-state index contributed by atoms with van der Waals surface area (Å²) in [6.45, 7) is 9.05. The summed E-state index contributed by atoms with van der Waals surface area (Å²) in [7, 11) is 0. The van der Waals surface area contributed by atoms with E-state index in [1.165, 1.54) is 4.90 Å². The van der Waals surface area contributed by atoms with E-state index in [4.69, 9.17) is 4.74 Å². The highest BCUT2D eigenvalue weighted by Gasteiger charge is 2.46. The number of hydrogen-bond donors (Lipinski definition) is 0. The quantitative estimate of drug-likeness (QED) is 0.673. The second-order valence-electron chi connectivity index (χ2n) is 9.34. The van der Waals surface area contributed by atoms with Gasteiger partial charge in [0.1, 0.15) is 5.70 Å². The summed E-state index contributed by atoms with van der Waals surface area (Å²) < 4.78 is 5.10. The van der Waals surface area contributed by atoms with Crippen LogP contribution in [-0.4, -0.2) is 71.4 Å². The lowest BCUT2D eigenvalue weighted by molar-refractivity contribution is -0.141. The standard InChI is InChI=1S/C25H33N3O4/c1-4-32-25(31)26-12-10-20(11-13-26)28-23(29)21(19-8-6-5-7-9-19)22(24(28)30)27-15-17(2)14-18(3)16-27/h5-9,17-18,20H,4,10-16H2,1-3H3.